The van der Waals surface area contributed by atoms with Gasteiger partial charge in [-0.15, -0.1) is 13.2 Å². The molecule has 0 atom stereocenters. The number of rotatable bonds is 3. The predicted molar refractivity (Wildman–Crippen MR) is 65.1 cm³/mol. The van der Waals surface area contributed by atoms with Gasteiger partial charge in [0.05, 0.1) is 7.11 Å². The van der Waals surface area contributed by atoms with Crippen LogP contribution in [0.5, 0.6) is 11.5 Å². The SMILES string of the molecule is COc1c(N)ncnc1-c1ccccc1OC(F)(F)F. The zero-order valence-corrected chi connectivity index (χ0v) is 10.3. The van der Waals surface area contributed by atoms with Gasteiger partial charge in [0, 0.05) is 5.56 Å². The number of para-hydroxylation sites is 1. The molecule has 0 bridgehead atoms. The van der Waals surface area contributed by atoms with E-state index in [4.69, 9.17) is 10.5 Å². The number of nitrogens with two attached hydrogens (primary N) is 1. The number of aromatic nitrogens is 2. The Hall–Kier alpha value is -2.51. The third-order valence-electron chi connectivity index (χ3n) is 2.40. The summed E-state index contributed by atoms with van der Waals surface area (Å²) >= 11 is 0. The van der Waals surface area contributed by atoms with Gasteiger partial charge in [-0.05, 0) is 12.1 Å². The van der Waals surface area contributed by atoms with Crippen molar-refractivity contribution in [2.75, 3.05) is 12.8 Å². The van der Waals surface area contributed by atoms with Crippen molar-refractivity contribution in [3.8, 4) is 22.8 Å². The van der Waals surface area contributed by atoms with Crippen molar-refractivity contribution >= 4 is 5.82 Å². The normalized spacial score (nSPS) is 11.2. The molecule has 0 fully saturated rings. The Kier molecular flexibility index (Phi) is 3.64. The second kappa shape index (κ2) is 5.24. The molecule has 0 aliphatic rings. The predicted octanol–water partition coefficient (Wildman–Crippen LogP) is 2.63. The Bertz CT molecular complexity index is 617. The van der Waals surface area contributed by atoms with Crippen LogP contribution in [0.4, 0.5) is 19.0 Å². The van der Waals surface area contributed by atoms with Crippen LogP contribution >= 0.6 is 0 Å². The van der Waals surface area contributed by atoms with Gasteiger partial charge < -0.3 is 15.2 Å². The number of hydrogen-bond acceptors (Lipinski definition) is 5. The largest absolute Gasteiger partial charge is 0.573 e. The van der Waals surface area contributed by atoms with Crippen LogP contribution in [-0.2, 0) is 0 Å². The summed E-state index contributed by atoms with van der Waals surface area (Å²) in [5, 5.41) is 0. The molecular formula is C12H10F3N3O2. The van der Waals surface area contributed by atoms with Gasteiger partial charge in [-0.1, -0.05) is 12.1 Å². The number of nitrogen functional groups attached to an aromatic ring is 1. The van der Waals surface area contributed by atoms with Gasteiger partial charge in [0.25, 0.3) is 0 Å². The molecule has 0 unspecified atom stereocenters. The lowest BCUT2D eigenvalue weighted by molar-refractivity contribution is -0.274. The number of methoxy groups -OCH3 is 1. The summed E-state index contributed by atoms with van der Waals surface area (Å²) in [6, 6.07) is 5.57. The Morgan fingerprint density at radius 1 is 1.15 bits per heavy atom. The van der Waals surface area contributed by atoms with Crippen LogP contribution in [-0.4, -0.2) is 23.4 Å². The van der Waals surface area contributed by atoms with Crippen molar-refractivity contribution in [1.29, 1.82) is 0 Å². The van der Waals surface area contributed by atoms with E-state index in [9.17, 15) is 13.2 Å². The molecule has 2 aromatic rings. The first-order chi connectivity index (χ1) is 9.42. The molecular weight excluding hydrogens is 275 g/mol. The molecule has 5 nitrogen and oxygen atoms in total. The van der Waals surface area contributed by atoms with Gasteiger partial charge in [0.2, 0.25) is 0 Å². The quantitative estimate of drug-likeness (QED) is 0.938. The minimum absolute atomic E-state index is 0.0271. The highest BCUT2D eigenvalue weighted by atomic mass is 19.4. The topological polar surface area (TPSA) is 70.3 Å². The fourth-order valence-electron chi connectivity index (χ4n) is 1.66. The molecule has 0 saturated carbocycles. The van der Waals surface area contributed by atoms with Gasteiger partial charge in [-0.3, -0.25) is 0 Å². The molecule has 2 N–H and O–H groups in total. The van der Waals surface area contributed by atoms with Crippen LogP contribution in [0.2, 0.25) is 0 Å². The minimum Gasteiger partial charge on any atom is -0.491 e. The minimum atomic E-state index is -4.80. The van der Waals surface area contributed by atoms with E-state index in [-0.39, 0.29) is 22.8 Å². The average molecular weight is 285 g/mol. The molecule has 0 aliphatic heterocycles. The van der Waals surface area contributed by atoms with Crippen LogP contribution in [0.15, 0.2) is 30.6 Å². The third kappa shape index (κ3) is 2.90. The van der Waals surface area contributed by atoms with Crippen LogP contribution in [0.25, 0.3) is 11.3 Å². The van der Waals surface area contributed by atoms with Crippen molar-refractivity contribution < 1.29 is 22.6 Å². The van der Waals surface area contributed by atoms with Crippen molar-refractivity contribution in [2.24, 2.45) is 0 Å². The summed E-state index contributed by atoms with van der Waals surface area (Å²) in [7, 11) is 1.33. The third-order valence-corrected chi connectivity index (χ3v) is 2.40. The van der Waals surface area contributed by atoms with E-state index in [1.54, 1.807) is 6.07 Å². The van der Waals surface area contributed by atoms with E-state index >= 15 is 0 Å². The molecule has 8 heteroatoms. The van der Waals surface area contributed by atoms with Crippen molar-refractivity contribution in [3.05, 3.63) is 30.6 Å². The Balaban J connectivity index is 2.56. The lowest BCUT2D eigenvalue weighted by atomic mass is 10.1. The number of hydrogen-bond donors (Lipinski definition) is 1. The van der Waals surface area contributed by atoms with Gasteiger partial charge in [0.15, 0.2) is 11.6 Å². The van der Waals surface area contributed by atoms with Crippen molar-refractivity contribution in [2.45, 2.75) is 6.36 Å². The number of ether oxygens (including phenoxy) is 2. The molecule has 0 spiro atoms. The van der Waals surface area contributed by atoms with Gasteiger partial charge in [-0.2, -0.15) is 0 Å². The molecule has 0 amide bonds. The Morgan fingerprint density at radius 3 is 2.50 bits per heavy atom. The van der Waals surface area contributed by atoms with Crippen molar-refractivity contribution in [1.82, 2.24) is 9.97 Å². The van der Waals surface area contributed by atoms with Gasteiger partial charge >= 0.3 is 6.36 Å². The molecule has 0 saturated heterocycles. The van der Waals surface area contributed by atoms with E-state index < -0.39 is 12.1 Å². The summed E-state index contributed by atoms with van der Waals surface area (Å²) < 4.78 is 46.2. The highest BCUT2D eigenvalue weighted by Gasteiger charge is 2.32. The first kappa shape index (κ1) is 13.9. The van der Waals surface area contributed by atoms with Gasteiger partial charge in [0.1, 0.15) is 17.8 Å². The van der Waals surface area contributed by atoms with Crippen LogP contribution in [0.1, 0.15) is 0 Å². The summed E-state index contributed by atoms with van der Waals surface area (Å²) in [5.41, 5.74) is 5.84. The number of nitrogens with zero attached hydrogens (tertiary/aromatic N) is 2. The summed E-state index contributed by atoms with van der Waals surface area (Å²) in [6.45, 7) is 0. The number of halogens is 3. The lowest BCUT2D eigenvalue weighted by Gasteiger charge is -2.14. The maximum absolute atomic E-state index is 12.4. The van der Waals surface area contributed by atoms with Crippen molar-refractivity contribution in [3.63, 3.8) is 0 Å². The lowest BCUT2D eigenvalue weighted by Crippen LogP contribution is -2.17. The second-order valence-electron chi connectivity index (χ2n) is 3.68. The first-order valence-electron chi connectivity index (χ1n) is 5.42. The van der Waals surface area contributed by atoms with E-state index in [1.165, 1.54) is 25.3 Å². The maximum Gasteiger partial charge on any atom is 0.573 e. The molecule has 0 aliphatic carbocycles. The fourth-order valence-corrected chi connectivity index (χ4v) is 1.66. The number of alkyl halides is 3. The molecule has 1 aromatic heterocycles. The first-order valence-corrected chi connectivity index (χ1v) is 5.42. The zero-order chi connectivity index (χ0) is 14.8. The smallest absolute Gasteiger partial charge is 0.491 e. The molecule has 0 radical (unpaired) electrons. The molecule has 1 heterocycles. The van der Waals surface area contributed by atoms with Crippen LogP contribution in [0, 0.1) is 0 Å². The fraction of sp³-hybridized carbons (Fsp3) is 0.167. The maximum atomic E-state index is 12.4. The summed E-state index contributed by atoms with van der Waals surface area (Å²) in [4.78, 5) is 7.63. The second-order valence-corrected chi connectivity index (χ2v) is 3.68. The number of anilines is 1. The van der Waals surface area contributed by atoms with E-state index in [0.29, 0.717) is 0 Å². The summed E-state index contributed by atoms with van der Waals surface area (Å²) in [6.07, 6.45) is -3.67. The van der Waals surface area contributed by atoms with Crippen LogP contribution in [0.3, 0.4) is 0 Å². The van der Waals surface area contributed by atoms with Gasteiger partial charge in [-0.25, -0.2) is 9.97 Å². The van der Waals surface area contributed by atoms with E-state index in [1.807, 2.05) is 0 Å². The molecule has 20 heavy (non-hydrogen) atoms. The molecule has 1 aromatic carbocycles. The van der Waals surface area contributed by atoms with Crippen LogP contribution < -0.4 is 15.2 Å². The van der Waals surface area contributed by atoms with E-state index in [0.717, 1.165) is 6.33 Å². The molecule has 2 rings (SSSR count). The Labute approximate surface area is 112 Å². The Morgan fingerprint density at radius 2 is 1.85 bits per heavy atom. The summed E-state index contributed by atoms with van der Waals surface area (Å²) in [5.74, 6) is -0.276. The highest BCUT2D eigenvalue weighted by molar-refractivity contribution is 5.76. The average Bonchev–Trinajstić information content (AvgIpc) is 2.37. The zero-order valence-electron chi connectivity index (χ0n) is 10.3. The highest BCUT2D eigenvalue weighted by Crippen LogP contribution is 2.38. The van der Waals surface area contributed by atoms with E-state index in [2.05, 4.69) is 14.7 Å². The monoisotopic (exact) mass is 285 g/mol. The molecule has 106 valence electrons. The standard InChI is InChI=1S/C12H10F3N3O2/c1-19-10-9(17-6-18-11(10)16)7-4-2-3-5-8(7)20-12(13,14)15/h2-6H,1H3,(H2,16,17,18). The number of benzene rings is 1.